The molecule has 0 amide bonds. The summed E-state index contributed by atoms with van der Waals surface area (Å²) in [5, 5.41) is 13.5. The Morgan fingerprint density at radius 2 is 1.75 bits per heavy atom. The third-order valence-corrected chi connectivity index (χ3v) is 10.2. The molecule has 3 saturated carbocycles. The summed E-state index contributed by atoms with van der Waals surface area (Å²) >= 11 is 0. The van der Waals surface area contributed by atoms with Crippen molar-refractivity contribution in [3.05, 3.63) is 58.2 Å². The molecule has 3 fully saturated rings. The fourth-order valence-electron chi connectivity index (χ4n) is 8.32. The third-order valence-electron chi connectivity index (χ3n) is 10.2. The molecule has 0 saturated heterocycles. The summed E-state index contributed by atoms with van der Waals surface area (Å²) in [5.41, 5.74) is -0.305. The molecule has 4 heteroatoms. The van der Waals surface area contributed by atoms with Crippen LogP contribution >= 0.6 is 0 Å². The van der Waals surface area contributed by atoms with E-state index in [1.165, 1.54) is 5.57 Å². The minimum atomic E-state index is -1.12. The van der Waals surface area contributed by atoms with Crippen molar-refractivity contribution in [3.8, 4) is 0 Å². The number of rotatable bonds is 1. The smallest absolute Gasteiger partial charge is 0.343 e. The van der Waals surface area contributed by atoms with Gasteiger partial charge < -0.3 is 9.52 Å². The van der Waals surface area contributed by atoms with Gasteiger partial charge >= 0.3 is 5.63 Å². The number of hydrogen-bond acceptors (Lipinski definition) is 4. The maximum atomic E-state index is 12.7. The Labute approximate surface area is 188 Å². The number of fused-ring (bicyclic) bond motifs is 6. The second kappa shape index (κ2) is 6.66. The van der Waals surface area contributed by atoms with Gasteiger partial charge in [-0.1, -0.05) is 37.6 Å². The van der Waals surface area contributed by atoms with Crippen LogP contribution in [-0.2, 0) is 10.4 Å². The van der Waals surface area contributed by atoms with Crippen LogP contribution in [0.2, 0.25) is 0 Å². The third kappa shape index (κ3) is 2.53. The SMILES string of the molecule is C[C@]12CCC(=O)C=C1CC[C@@H]1[C@@H]2CC[C@@]2(C)[C@H]1CC[C@@]2(O)c1cc2ccccc2c(=O)o1. The van der Waals surface area contributed by atoms with Gasteiger partial charge in [0.05, 0.1) is 5.39 Å². The highest BCUT2D eigenvalue weighted by Gasteiger charge is 2.65. The van der Waals surface area contributed by atoms with Crippen LogP contribution in [0.15, 0.2) is 51.2 Å². The molecule has 4 aliphatic carbocycles. The van der Waals surface area contributed by atoms with Crippen molar-refractivity contribution in [2.75, 3.05) is 0 Å². The van der Waals surface area contributed by atoms with Crippen LogP contribution in [0.1, 0.15) is 71.0 Å². The summed E-state index contributed by atoms with van der Waals surface area (Å²) in [6, 6.07) is 9.36. The van der Waals surface area contributed by atoms with E-state index in [1.54, 1.807) is 6.07 Å². The van der Waals surface area contributed by atoms with Gasteiger partial charge in [-0.2, -0.15) is 0 Å². The lowest BCUT2D eigenvalue weighted by atomic mass is 9.46. The number of hydrogen-bond donors (Lipinski definition) is 1. The van der Waals surface area contributed by atoms with Gasteiger partial charge in [0.15, 0.2) is 5.78 Å². The summed E-state index contributed by atoms with van der Waals surface area (Å²) in [6.07, 6.45) is 9.24. The standard InChI is InChI=1S/C28H32O4/c1-26-12-9-19(29)16-18(26)7-8-21-22(26)10-13-27(2)23(21)11-14-28(27,31)24-15-17-5-3-4-6-20(17)25(30)32-24/h3-6,15-16,21-23,31H,7-14H2,1-2H3/t21-,22+,23+,26+,27+,28-/m1/s1. The molecule has 0 radical (unpaired) electrons. The molecule has 1 N–H and O–H groups in total. The summed E-state index contributed by atoms with van der Waals surface area (Å²) in [5.74, 6) is 2.25. The summed E-state index contributed by atoms with van der Waals surface area (Å²) < 4.78 is 5.79. The number of carbonyl (C=O) groups is 1. The van der Waals surface area contributed by atoms with Gasteiger partial charge in [0.25, 0.3) is 0 Å². The predicted octanol–water partition coefficient (Wildman–Crippen LogP) is 5.51. The van der Waals surface area contributed by atoms with E-state index in [4.69, 9.17) is 4.42 Å². The fraction of sp³-hybridized carbons (Fsp3) is 0.571. The van der Waals surface area contributed by atoms with Crippen molar-refractivity contribution < 1.29 is 14.3 Å². The molecular formula is C28H32O4. The molecule has 1 aromatic carbocycles. The van der Waals surface area contributed by atoms with Crippen molar-refractivity contribution in [1.29, 1.82) is 0 Å². The van der Waals surface area contributed by atoms with E-state index in [0.717, 1.165) is 43.9 Å². The van der Waals surface area contributed by atoms with Crippen molar-refractivity contribution in [3.63, 3.8) is 0 Å². The molecule has 6 rings (SSSR count). The number of carbonyl (C=O) groups excluding carboxylic acids is 1. The van der Waals surface area contributed by atoms with Gasteiger partial charge in [-0.3, -0.25) is 4.79 Å². The van der Waals surface area contributed by atoms with E-state index in [1.807, 2.05) is 30.3 Å². The Morgan fingerprint density at radius 1 is 0.969 bits per heavy atom. The maximum absolute atomic E-state index is 12.7. The van der Waals surface area contributed by atoms with E-state index >= 15 is 0 Å². The van der Waals surface area contributed by atoms with E-state index in [2.05, 4.69) is 13.8 Å². The number of aliphatic hydroxyl groups is 1. The van der Waals surface area contributed by atoms with Crippen LogP contribution in [0.5, 0.6) is 0 Å². The average Bonchev–Trinajstić information content (AvgIpc) is 3.06. The van der Waals surface area contributed by atoms with E-state index in [-0.39, 0.29) is 22.2 Å². The zero-order valence-corrected chi connectivity index (χ0v) is 19.0. The molecule has 4 nitrogen and oxygen atoms in total. The molecule has 1 heterocycles. The van der Waals surface area contributed by atoms with Crippen molar-refractivity contribution in [1.82, 2.24) is 0 Å². The first-order valence-electron chi connectivity index (χ1n) is 12.3. The molecular weight excluding hydrogens is 400 g/mol. The highest BCUT2D eigenvalue weighted by Crippen LogP contribution is 2.69. The van der Waals surface area contributed by atoms with Gasteiger partial charge in [0, 0.05) is 11.8 Å². The first-order chi connectivity index (χ1) is 15.3. The monoisotopic (exact) mass is 432 g/mol. The Balaban J connectivity index is 1.40. The van der Waals surface area contributed by atoms with Gasteiger partial charge in [-0.25, -0.2) is 4.79 Å². The van der Waals surface area contributed by atoms with Crippen LogP contribution in [-0.4, -0.2) is 10.9 Å². The van der Waals surface area contributed by atoms with Gasteiger partial charge in [0.2, 0.25) is 0 Å². The van der Waals surface area contributed by atoms with Crippen molar-refractivity contribution in [2.45, 2.75) is 70.8 Å². The number of ketones is 1. The molecule has 1 aromatic heterocycles. The van der Waals surface area contributed by atoms with Gasteiger partial charge in [-0.15, -0.1) is 0 Å². The number of benzene rings is 1. The van der Waals surface area contributed by atoms with Gasteiger partial charge in [-0.05, 0) is 91.7 Å². The Hall–Kier alpha value is -2.20. The summed E-state index contributed by atoms with van der Waals surface area (Å²) in [7, 11) is 0. The summed E-state index contributed by atoms with van der Waals surface area (Å²) in [6.45, 7) is 4.61. The molecule has 6 atom stereocenters. The van der Waals surface area contributed by atoms with E-state index in [0.29, 0.717) is 41.7 Å². The van der Waals surface area contributed by atoms with Crippen LogP contribution < -0.4 is 5.63 Å². The Morgan fingerprint density at radius 3 is 2.59 bits per heavy atom. The first kappa shape index (κ1) is 20.4. The molecule has 2 aromatic rings. The quantitative estimate of drug-likeness (QED) is 0.645. The number of allylic oxidation sites excluding steroid dienone is 1. The lowest BCUT2D eigenvalue weighted by molar-refractivity contribution is -0.142. The molecule has 0 spiro atoms. The van der Waals surface area contributed by atoms with Gasteiger partial charge in [0.1, 0.15) is 11.4 Å². The zero-order chi connectivity index (χ0) is 22.3. The normalized spacial score (nSPS) is 41.0. The minimum absolute atomic E-state index is 0.119. The zero-order valence-electron chi connectivity index (χ0n) is 19.0. The average molecular weight is 433 g/mol. The Bertz CT molecular complexity index is 1210. The van der Waals surface area contributed by atoms with E-state index in [9.17, 15) is 14.7 Å². The first-order valence-corrected chi connectivity index (χ1v) is 12.3. The second-order valence-corrected chi connectivity index (χ2v) is 11.3. The van der Waals surface area contributed by atoms with E-state index < -0.39 is 5.60 Å². The highest BCUT2D eigenvalue weighted by atomic mass is 16.4. The lowest BCUT2D eigenvalue weighted by Gasteiger charge is -2.58. The lowest BCUT2D eigenvalue weighted by Crippen LogP contribution is -2.53. The van der Waals surface area contributed by atoms with Crippen LogP contribution in [0.3, 0.4) is 0 Å². The largest absolute Gasteiger partial charge is 0.424 e. The van der Waals surface area contributed by atoms with Crippen LogP contribution in [0, 0.1) is 28.6 Å². The molecule has 4 aliphatic rings. The molecule has 0 bridgehead atoms. The molecule has 0 aliphatic heterocycles. The molecule has 32 heavy (non-hydrogen) atoms. The predicted molar refractivity (Wildman–Crippen MR) is 123 cm³/mol. The van der Waals surface area contributed by atoms with Crippen LogP contribution in [0.4, 0.5) is 0 Å². The van der Waals surface area contributed by atoms with Crippen LogP contribution in [0.25, 0.3) is 10.8 Å². The maximum Gasteiger partial charge on any atom is 0.343 e. The topological polar surface area (TPSA) is 67.5 Å². The molecule has 168 valence electrons. The highest BCUT2D eigenvalue weighted by molar-refractivity contribution is 5.91. The minimum Gasteiger partial charge on any atom is -0.424 e. The van der Waals surface area contributed by atoms with Crippen molar-refractivity contribution in [2.24, 2.45) is 28.6 Å². The second-order valence-electron chi connectivity index (χ2n) is 11.3. The molecule has 0 unspecified atom stereocenters. The van der Waals surface area contributed by atoms with Crippen molar-refractivity contribution >= 4 is 16.6 Å². The fourth-order valence-corrected chi connectivity index (χ4v) is 8.32. The Kier molecular flexibility index (Phi) is 4.25. The summed E-state index contributed by atoms with van der Waals surface area (Å²) in [4.78, 5) is 24.8.